The molecule has 2 aromatic heterocycles. The third kappa shape index (κ3) is 14.7. The van der Waals surface area contributed by atoms with Crippen LogP contribution in [0.15, 0.2) is 103 Å². The molecule has 0 aliphatic heterocycles. The second-order valence-corrected chi connectivity index (χ2v) is 17.4. The zero-order valence-corrected chi connectivity index (χ0v) is 40.5. The Hall–Kier alpha value is -7.02. The van der Waals surface area contributed by atoms with Gasteiger partial charge in [-0.05, 0) is 85.3 Å². The first-order valence-corrected chi connectivity index (χ1v) is 22.9. The highest BCUT2D eigenvalue weighted by Gasteiger charge is 2.19. The van der Waals surface area contributed by atoms with Crippen molar-refractivity contribution in [2.24, 2.45) is 4.99 Å². The first-order chi connectivity index (χ1) is 33.2. The first kappa shape index (κ1) is 51.4. The van der Waals surface area contributed by atoms with E-state index in [9.17, 15) is 25.1 Å². The number of aromatic nitrogens is 2. The summed E-state index contributed by atoms with van der Waals surface area (Å²) in [4.78, 5) is 35.2. The lowest BCUT2D eigenvalue weighted by Gasteiger charge is -2.19. The molecule has 0 spiro atoms. The Labute approximate surface area is 411 Å². The summed E-state index contributed by atoms with van der Waals surface area (Å²) < 4.78 is 25.4. The molecule has 0 radical (unpaired) electrons. The number of carboxylic acid groups (broad SMARTS) is 2. The van der Waals surface area contributed by atoms with E-state index in [-0.39, 0.29) is 57.9 Å². The summed E-state index contributed by atoms with van der Waals surface area (Å²) >= 11 is 13.7. The number of rotatable bonds is 24. The zero-order chi connectivity index (χ0) is 49.5. The van der Waals surface area contributed by atoms with E-state index >= 15 is 0 Å². The minimum atomic E-state index is -0.911. The molecule has 69 heavy (non-hydrogen) atoms. The number of nitrogens with zero attached hydrogens (tertiary/aromatic N) is 4. The van der Waals surface area contributed by atoms with E-state index in [0.29, 0.717) is 56.3 Å². The molecule has 14 nitrogen and oxygen atoms in total. The minimum Gasteiger partial charge on any atom is -0.488 e. The van der Waals surface area contributed by atoms with Crippen molar-refractivity contribution in [3.63, 3.8) is 0 Å². The summed E-state index contributed by atoms with van der Waals surface area (Å²) in [7, 11) is 1.70. The second-order valence-electron chi connectivity index (χ2n) is 16.6. The van der Waals surface area contributed by atoms with Crippen molar-refractivity contribution < 1.29 is 38.7 Å². The highest BCUT2D eigenvalue weighted by Crippen LogP contribution is 2.37. The largest absolute Gasteiger partial charge is 0.488 e. The molecule has 2 unspecified atom stereocenters. The lowest BCUT2D eigenvalue weighted by molar-refractivity contribution is -0.138. The highest BCUT2D eigenvalue weighted by molar-refractivity contribution is 6.32. The zero-order valence-electron chi connectivity index (χ0n) is 39.0. The molecule has 0 amide bonds. The van der Waals surface area contributed by atoms with Crippen LogP contribution in [0.4, 0.5) is 0 Å². The molecule has 4 N–H and O–H groups in total. The van der Waals surface area contributed by atoms with Crippen LogP contribution in [0, 0.1) is 25.2 Å². The van der Waals surface area contributed by atoms with Gasteiger partial charge >= 0.3 is 11.9 Å². The number of hydrogen-bond donors (Lipinski definition) is 4. The molecular formula is C53H54Cl2N6O8. The quantitative estimate of drug-likeness (QED) is 0.0419. The topological polar surface area (TPSA) is 198 Å². The fourth-order valence-corrected chi connectivity index (χ4v) is 7.97. The van der Waals surface area contributed by atoms with Crippen LogP contribution in [0.5, 0.6) is 23.0 Å². The standard InChI is InChI=1S/C53H54Cl2N6O8/c1-32(12-52(62)63)60-26-42-16-46(54)50(18-48(42)66-28-38-14-36(20-56)22-58-24-38)68-30-40-8-6-10-44(34(40)3)45-11-7-9-41(35(45)4)31-69-51-19-49(67-29-39-15-37(21-57-5)23-59-25-39)43(17-47(51)55)27-61-33(2)13-53(64)65/h6-11,14-19,21-25,32-33,60-61H,12-13,26-31H2,1-5H3,(H,62,63)(H,64,65)/b57-21+. The van der Waals surface area contributed by atoms with E-state index < -0.39 is 11.9 Å². The summed E-state index contributed by atoms with van der Waals surface area (Å²) in [5, 5.41) is 35.1. The number of ether oxygens (including phenoxy) is 4. The number of aliphatic imine (C=N–C) groups is 1. The number of carboxylic acids is 2. The molecule has 2 heterocycles. The highest BCUT2D eigenvalue weighted by atomic mass is 35.5. The Balaban J connectivity index is 1.19. The molecular weight excluding hydrogens is 920 g/mol. The monoisotopic (exact) mass is 972 g/mol. The fourth-order valence-electron chi connectivity index (χ4n) is 7.49. The van der Waals surface area contributed by atoms with E-state index in [1.165, 1.54) is 6.20 Å². The van der Waals surface area contributed by atoms with Crippen molar-refractivity contribution in [2.75, 3.05) is 7.05 Å². The number of hydrogen-bond acceptors (Lipinski definition) is 12. The van der Waals surface area contributed by atoms with Crippen LogP contribution in [-0.4, -0.2) is 57.5 Å². The van der Waals surface area contributed by atoms with Gasteiger partial charge in [0, 0.05) is 103 Å². The maximum atomic E-state index is 11.3. The Bertz CT molecular complexity index is 2850. The van der Waals surface area contributed by atoms with Gasteiger partial charge in [-0.25, -0.2) is 0 Å². The molecule has 0 bridgehead atoms. The second kappa shape index (κ2) is 24.8. The van der Waals surface area contributed by atoms with E-state index in [4.69, 9.17) is 42.1 Å². The Morgan fingerprint density at radius 3 is 1.59 bits per heavy atom. The molecule has 2 atom stereocenters. The molecule has 6 aromatic rings. The predicted octanol–water partition coefficient (Wildman–Crippen LogP) is 10.2. The van der Waals surface area contributed by atoms with Crippen molar-refractivity contribution in [1.82, 2.24) is 20.6 Å². The van der Waals surface area contributed by atoms with Crippen molar-refractivity contribution in [3.05, 3.63) is 163 Å². The fraction of sp³-hybridized carbons (Fsp3) is 0.283. The number of halogens is 2. The van der Waals surface area contributed by atoms with Gasteiger partial charge in [0.15, 0.2) is 0 Å². The van der Waals surface area contributed by atoms with Gasteiger partial charge in [-0.2, -0.15) is 5.26 Å². The summed E-state index contributed by atoms with van der Waals surface area (Å²) in [6.45, 7) is 9.05. The van der Waals surface area contributed by atoms with E-state index in [1.807, 2.05) is 37.3 Å². The third-order valence-electron chi connectivity index (χ3n) is 11.2. The van der Waals surface area contributed by atoms with E-state index in [2.05, 4.69) is 50.7 Å². The van der Waals surface area contributed by atoms with Gasteiger partial charge < -0.3 is 39.8 Å². The molecule has 4 aromatic carbocycles. The van der Waals surface area contributed by atoms with Gasteiger partial charge in [0.2, 0.25) is 0 Å². The van der Waals surface area contributed by atoms with E-state index in [0.717, 1.165) is 50.1 Å². The number of aliphatic carboxylic acids is 2. The van der Waals surface area contributed by atoms with Crippen molar-refractivity contribution >= 4 is 41.4 Å². The molecule has 0 fully saturated rings. The van der Waals surface area contributed by atoms with Crippen molar-refractivity contribution in [1.29, 1.82) is 5.26 Å². The third-order valence-corrected chi connectivity index (χ3v) is 11.8. The summed E-state index contributed by atoms with van der Waals surface area (Å²) in [5.41, 5.74) is 10.2. The molecule has 358 valence electrons. The van der Waals surface area contributed by atoms with Crippen LogP contribution >= 0.6 is 23.2 Å². The summed E-state index contributed by atoms with van der Waals surface area (Å²) in [6, 6.07) is 24.3. The lowest BCUT2D eigenvalue weighted by atomic mass is 9.92. The molecule has 0 saturated heterocycles. The maximum absolute atomic E-state index is 11.3. The summed E-state index contributed by atoms with van der Waals surface area (Å²) in [6.07, 6.45) is 8.16. The Morgan fingerprint density at radius 2 is 1.13 bits per heavy atom. The number of nitriles is 1. The van der Waals surface area contributed by atoms with Gasteiger partial charge in [-0.3, -0.25) is 24.5 Å². The number of nitrogens with one attached hydrogen (secondary N) is 2. The smallest absolute Gasteiger partial charge is 0.304 e. The predicted molar refractivity (Wildman–Crippen MR) is 265 cm³/mol. The van der Waals surface area contributed by atoms with E-state index in [1.54, 1.807) is 76.0 Å². The van der Waals surface area contributed by atoms with Crippen molar-refractivity contribution in [3.8, 4) is 40.2 Å². The van der Waals surface area contributed by atoms with Crippen LogP contribution in [0.2, 0.25) is 10.0 Å². The Kier molecular flexibility index (Phi) is 18.5. The molecule has 0 aliphatic rings. The summed E-state index contributed by atoms with van der Waals surface area (Å²) in [5.74, 6) is 0.0227. The average Bonchev–Trinajstić information content (AvgIpc) is 3.32. The lowest BCUT2D eigenvalue weighted by Crippen LogP contribution is -2.28. The average molecular weight is 974 g/mol. The number of carbonyl (C=O) groups is 2. The van der Waals surface area contributed by atoms with Crippen LogP contribution in [0.25, 0.3) is 11.1 Å². The van der Waals surface area contributed by atoms with Gasteiger partial charge in [0.05, 0.1) is 28.5 Å². The van der Waals surface area contributed by atoms with Crippen LogP contribution < -0.4 is 29.6 Å². The molecule has 0 saturated carbocycles. The maximum Gasteiger partial charge on any atom is 0.304 e. The molecule has 6 rings (SSSR count). The SMILES string of the molecule is C/N=C/c1cncc(COc2cc(OCc3cccc(-c4cccc(COc5cc(OCc6cncc(C#N)c6)c(CNC(C)CC(=O)O)cc5Cl)c4C)c3C)c(Cl)cc2CNC(C)CC(=O)O)c1. The van der Waals surface area contributed by atoms with Gasteiger partial charge in [-0.1, -0.05) is 59.6 Å². The first-order valence-electron chi connectivity index (χ1n) is 22.1. The van der Waals surface area contributed by atoms with Gasteiger partial charge in [-0.15, -0.1) is 0 Å². The molecule has 16 heteroatoms. The van der Waals surface area contributed by atoms with Gasteiger partial charge in [0.1, 0.15) is 55.5 Å². The van der Waals surface area contributed by atoms with Crippen LogP contribution in [-0.2, 0) is 49.1 Å². The van der Waals surface area contributed by atoms with Crippen molar-refractivity contribution in [2.45, 2.75) is 92.1 Å². The van der Waals surface area contributed by atoms with Crippen LogP contribution in [0.1, 0.15) is 82.3 Å². The minimum absolute atomic E-state index is 0.0428. The van der Waals surface area contributed by atoms with Crippen LogP contribution in [0.3, 0.4) is 0 Å². The number of pyridine rings is 2. The normalized spacial score (nSPS) is 12.0. The molecule has 0 aliphatic carbocycles. The van der Waals surface area contributed by atoms with Gasteiger partial charge in [0.25, 0.3) is 0 Å². The number of benzene rings is 4. The Morgan fingerprint density at radius 1 is 0.667 bits per heavy atom.